The van der Waals surface area contributed by atoms with Crippen molar-refractivity contribution in [3.05, 3.63) is 53.3 Å². The van der Waals surface area contributed by atoms with Gasteiger partial charge < -0.3 is 25.0 Å². The van der Waals surface area contributed by atoms with Crippen LogP contribution in [0.15, 0.2) is 41.6 Å². The van der Waals surface area contributed by atoms with E-state index in [-0.39, 0.29) is 26.7 Å². The van der Waals surface area contributed by atoms with E-state index in [0.29, 0.717) is 35.9 Å². The van der Waals surface area contributed by atoms with Gasteiger partial charge in [-0.1, -0.05) is 11.6 Å². The molecular weight excluding hydrogens is 618 g/mol. The van der Waals surface area contributed by atoms with Crippen molar-refractivity contribution in [2.45, 2.75) is 43.8 Å². The largest absolute Gasteiger partial charge is 0.444 e. The summed E-state index contributed by atoms with van der Waals surface area (Å²) in [5.41, 5.74) is -0.384. The maximum absolute atomic E-state index is 15.5. The first kappa shape index (κ1) is 31.2. The Morgan fingerprint density at radius 1 is 1.19 bits per heavy atom. The van der Waals surface area contributed by atoms with Crippen LogP contribution in [0.2, 0.25) is 5.02 Å². The minimum atomic E-state index is -4.91. The highest BCUT2D eigenvalue weighted by Crippen LogP contribution is 2.37. The number of hydrogen-bond acceptors (Lipinski definition) is 11. The van der Waals surface area contributed by atoms with E-state index in [2.05, 4.69) is 20.0 Å². The molecule has 3 aromatic rings. The molecule has 0 bridgehead atoms. The molecule has 1 saturated heterocycles. The van der Waals surface area contributed by atoms with Gasteiger partial charge in [0, 0.05) is 37.6 Å². The molecule has 17 heteroatoms. The van der Waals surface area contributed by atoms with E-state index in [1.165, 1.54) is 46.0 Å². The van der Waals surface area contributed by atoms with Crippen LogP contribution in [0.5, 0.6) is 0 Å². The van der Waals surface area contributed by atoms with Crippen LogP contribution >= 0.6 is 23.1 Å². The van der Waals surface area contributed by atoms with Gasteiger partial charge in [0.2, 0.25) is 5.13 Å². The Balaban J connectivity index is 1.65. The molecule has 1 aromatic heterocycles. The number of benzene rings is 2. The molecule has 1 fully saturated rings. The number of nitrogens with one attached hydrogen (secondary N) is 2. The molecule has 4 rings (SSSR count). The number of ether oxygens (including phenoxy) is 2. The maximum atomic E-state index is 15.5. The van der Waals surface area contributed by atoms with E-state index in [1.54, 1.807) is 4.90 Å². The number of carbonyl (C=O) groups is 2. The molecule has 2 heterocycles. The fourth-order valence-corrected chi connectivity index (χ4v) is 6.39. The van der Waals surface area contributed by atoms with E-state index in [9.17, 15) is 22.4 Å². The van der Waals surface area contributed by atoms with Gasteiger partial charge in [0.15, 0.2) is 0 Å². The summed E-state index contributed by atoms with van der Waals surface area (Å²) in [5, 5.41) is 4.73. The number of carbonyl (C=O) groups excluding carboxylic acids is 2. The molecule has 12 nitrogen and oxygen atoms in total. The first-order chi connectivity index (χ1) is 19.7. The average Bonchev–Trinajstić information content (AvgIpc) is 3.58. The molecule has 1 atom stereocenters. The maximum Gasteiger partial charge on any atom is 0.431 e. The number of sulfonamides is 1. The molecular formula is C25H27ClF2N6O6S2. The van der Waals surface area contributed by atoms with E-state index in [1.807, 2.05) is 0 Å². The van der Waals surface area contributed by atoms with Crippen molar-refractivity contribution in [3.63, 3.8) is 0 Å². The number of halogens is 3. The molecule has 0 aliphatic carbocycles. The van der Waals surface area contributed by atoms with Crippen molar-refractivity contribution < 1.29 is 36.3 Å². The molecule has 0 saturated carbocycles. The minimum absolute atomic E-state index is 0.0296. The summed E-state index contributed by atoms with van der Waals surface area (Å²) in [6, 6.07) is 5.55. The first-order valence-corrected chi connectivity index (χ1v) is 15.0. The van der Waals surface area contributed by atoms with E-state index < -0.39 is 50.4 Å². The van der Waals surface area contributed by atoms with Crippen LogP contribution in [-0.2, 0) is 19.5 Å². The van der Waals surface area contributed by atoms with Crippen LogP contribution < -0.4 is 19.8 Å². The summed E-state index contributed by atoms with van der Waals surface area (Å²) < 4.78 is 71.3. The Labute approximate surface area is 249 Å². The molecule has 0 spiro atoms. The zero-order valence-electron chi connectivity index (χ0n) is 22.9. The van der Waals surface area contributed by atoms with Gasteiger partial charge in [-0.05, 0) is 45.0 Å². The quantitative estimate of drug-likeness (QED) is 0.349. The van der Waals surface area contributed by atoms with Gasteiger partial charge >= 0.3 is 12.2 Å². The second-order valence-corrected chi connectivity index (χ2v) is 13.0. The van der Waals surface area contributed by atoms with Crippen molar-refractivity contribution in [1.82, 2.24) is 14.7 Å². The van der Waals surface area contributed by atoms with Crippen LogP contribution in [0.25, 0.3) is 0 Å². The molecule has 1 unspecified atom stereocenters. The normalized spacial score (nSPS) is 15.3. The van der Waals surface area contributed by atoms with Gasteiger partial charge in [-0.2, -0.15) is 4.37 Å². The number of hydrogen-bond donors (Lipinski definition) is 2. The second-order valence-electron chi connectivity index (χ2n) is 10.0. The summed E-state index contributed by atoms with van der Waals surface area (Å²) in [4.78, 5) is 29.2. The lowest BCUT2D eigenvalue weighted by atomic mass is 10.2. The highest BCUT2D eigenvalue weighted by molar-refractivity contribution is 7.93. The predicted octanol–water partition coefficient (Wildman–Crippen LogP) is 5.28. The zero-order chi connectivity index (χ0) is 30.8. The van der Waals surface area contributed by atoms with Crippen LogP contribution in [0.3, 0.4) is 0 Å². The zero-order valence-corrected chi connectivity index (χ0v) is 25.2. The van der Waals surface area contributed by atoms with Crippen molar-refractivity contribution >= 4 is 67.5 Å². The fraction of sp³-hybridized carbons (Fsp3) is 0.360. The van der Waals surface area contributed by atoms with Crippen LogP contribution in [0, 0.1) is 11.6 Å². The minimum Gasteiger partial charge on any atom is -0.444 e. The highest BCUT2D eigenvalue weighted by Gasteiger charge is 2.39. The summed E-state index contributed by atoms with van der Waals surface area (Å²) >= 11 is 7.00. The summed E-state index contributed by atoms with van der Waals surface area (Å²) in [6.45, 7) is 5.32. The third kappa shape index (κ3) is 6.99. The molecule has 1 aliphatic heterocycles. The lowest BCUT2D eigenvalue weighted by Crippen LogP contribution is -2.41. The standard InChI is InChI=1S/C25H27ClF2N6O6S2/c1-25(2,3)40-24(36)34(22-30-13-31-41-22)42(37,38)21-10-16(26)19(11-17(21)28)32-18-6-5-14(27)9-20(18)33-8-7-15(12-33)39-23(35)29-4/h5-6,9-11,13,15,32H,7-8,12H2,1-4H3,(H,29,35). The van der Waals surface area contributed by atoms with E-state index >= 15 is 4.39 Å². The summed E-state index contributed by atoms with van der Waals surface area (Å²) in [5.74, 6) is -1.77. The van der Waals surface area contributed by atoms with Crippen LogP contribution in [0.4, 0.5) is 40.6 Å². The molecule has 1 aliphatic rings. The monoisotopic (exact) mass is 644 g/mol. The van der Waals surface area contributed by atoms with Crippen molar-refractivity contribution in [3.8, 4) is 0 Å². The van der Waals surface area contributed by atoms with Gasteiger partial charge in [0.25, 0.3) is 10.0 Å². The van der Waals surface area contributed by atoms with Gasteiger partial charge in [0.05, 0.1) is 28.6 Å². The van der Waals surface area contributed by atoms with Gasteiger partial charge in [0.1, 0.15) is 34.6 Å². The Bertz CT molecular complexity index is 1590. The van der Waals surface area contributed by atoms with Crippen molar-refractivity contribution in [2.75, 3.05) is 34.7 Å². The highest BCUT2D eigenvalue weighted by atomic mass is 35.5. The fourth-order valence-electron chi connectivity index (χ4n) is 4.03. The average molecular weight is 645 g/mol. The summed E-state index contributed by atoms with van der Waals surface area (Å²) in [7, 11) is -3.47. The lowest BCUT2D eigenvalue weighted by Gasteiger charge is -2.25. The van der Waals surface area contributed by atoms with Crippen LogP contribution in [0.1, 0.15) is 27.2 Å². The lowest BCUT2D eigenvalue weighted by molar-refractivity contribution is 0.0608. The number of alkyl carbamates (subject to hydrolysis) is 1. The van der Waals surface area contributed by atoms with Gasteiger partial charge in [-0.3, -0.25) is 0 Å². The first-order valence-electron chi connectivity index (χ1n) is 12.4. The number of amides is 2. The van der Waals surface area contributed by atoms with Crippen molar-refractivity contribution in [1.29, 1.82) is 0 Å². The molecule has 226 valence electrons. The topological polar surface area (TPSA) is 143 Å². The Morgan fingerprint density at radius 3 is 2.57 bits per heavy atom. The second kappa shape index (κ2) is 12.2. The van der Waals surface area contributed by atoms with Gasteiger partial charge in [-0.25, -0.2) is 31.8 Å². The Morgan fingerprint density at radius 2 is 1.93 bits per heavy atom. The molecule has 42 heavy (non-hydrogen) atoms. The van der Waals surface area contributed by atoms with Gasteiger partial charge in [-0.15, -0.1) is 4.31 Å². The summed E-state index contributed by atoms with van der Waals surface area (Å²) in [6.07, 6.45) is -0.803. The Kier molecular flexibility index (Phi) is 9.08. The van der Waals surface area contributed by atoms with E-state index in [0.717, 1.165) is 18.5 Å². The van der Waals surface area contributed by atoms with Crippen molar-refractivity contribution in [2.24, 2.45) is 0 Å². The number of anilines is 4. The van der Waals surface area contributed by atoms with Crippen LogP contribution in [-0.4, -0.2) is 61.8 Å². The molecule has 2 aromatic carbocycles. The third-order valence-electron chi connectivity index (χ3n) is 5.82. The number of aromatic nitrogens is 2. The molecule has 2 N–H and O–H groups in total. The Hall–Kier alpha value is -3.76. The predicted molar refractivity (Wildman–Crippen MR) is 153 cm³/mol. The van der Waals surface area contributed by atoms with E-state index in [4.69, 9.17) is 21.1 Å². The SMILES string of the molecule is CNC(=O)OC1CCN(c2cc(F)ccc2Nc2cc(F)c(S(=O)(=O)N(C(=O)OC(C)(C)C)c3ncns3)cc2Cl)C1. The number of nitrogens with zero attached hydrogens (tertiary/aromatic N) is 4. The molecule has 0 radical (unpaired) electrons. The third-order valence-corrected chi connectivity index (χ3v) is 8.57. The smallest absolute Gasteiger partial charge is 0.431 e. The number of rotatable bonds is 7. The molecule has 2 amide bonds.